The number of fused-ring (bicyclic) bond motifs is 1. The third-order valence-electron chi connectivity index (χ3n) is 6.53. The Hall–Kier alpha value is -2.97. The minimum atomic E-state index is -1.26. The number of aryl methyl sites for hydroxylation is 3. The molecule has 0 aliphatic rings. The second-order valence-electron chi connectivity index (χ2n) is 8.96. The van der Waals surface area contributed by atoms with E-state index in [0.717, 1.165) is 35.1 Å². The normalized spacial score (nSPS) is 11.5. The predicted octanol–water partition coefficient (Wildman–Crippen LogP) is 2.21. The number of aliphatic carboxylic acids is 1. The van der Waals surface area contributed by atoms with Crippen LogP contribution in [0.4, 0.5) is 0 Å². The molecule has 1 amide bonds. The Balaban J connectivity index is 0.00000380. The smallest absolute Gasteiger partial charge is 0.548 e. The summed E-state index contributed by atoms with van der Waals surface area (Å²) in [5.41, 5.74) is 5.70. The van der Waals surface area contributed by atoms with Crippen molar-refractivity contribution in [2.45, 2.75) is 32.2 Å². The van der Waals surface area contributed by atoms with E-state index in [2.05, 4.69) is 53.8 Å². The topological polar surface area (TPSA) is 69.2 Å². The standard InChI is InChI=1S/C31H31NO3S.Li/c1-21-8-3-5-12-25(21)28-20-22(14-16-24-11-7-10-23-9-4-6-13-26(23)24)15-17-27(28)30(33)32-29(31(34)35)18-19-36-2;/h3-13,15,17,20,29H,14,16,18-19H2,1-2H3,(H,32,33)(H,34,35);/q;+1/p-1/t29-;/m0./s1. The summed E-state index contributed by atoms with van der Waals surface area (Å²) in [6.45, 7) is 2.02. The van der Waals surface area contributed by atoms with Crippen molar-refractivity contribution in [1.29, 1.82) is 0 Å². The van der Waals surface area contributed by atoms with Crippen molar-refractivity contribution in [3.8, 4) is 11.1 Å². The first-order chi connectivity index (χ1) is 17.5. The second kappa shape index (κ2) is 13.5. The Morgan fingerprint density at radius 3 is 2.38 bits per heavy atom. The molecule has 0 aromatic heterocycles. The van der Waals surface area contributed by atoms with E-state index < -0.39 is 17.9 Å². The third-order valence-corrected chi connectivity index (χ3v) is 7.17. The molecule has 37 heavy (non-hydrogen) atoms. The number of carboxylic acid groups (broad SMARTS) is 1. The summed E-state index contributed by atoms with van der Waals surface area (Å²) in [4.78, 5) is 24.9. The van der Waals surface area contributed by atoms with Gasteiger partial charge in [0.15, 0.2) is 0 Å². The van der Waals surface area contributed by atoms with E-state index in [9.17, 15) is 14.7 Å². The molecular formula is C31H30LiNO3S. The summed E-state index contributed by atoms with van der Waals surface area (Å²) in [6, 6.07) is 27.5. The summed E-state index contributed by atoms with van der Waals surface area (Å²) < 4.78 is 0. The molecular weight excluding hydrogens is 473 g/mol. The molecule has 0 saturated carbocycles. The van der Waals surface area contributed by atoms with Crippen LogP contribution >= 0.6 is 11.8 Å². The molecule has 0 aliphatic heterocycles. The molecule has 184 valence electrons. The van der Waals surface area contributed by atoms with E-state index >= 15 is 0 Å². The molecule has 1 N–H and O–H groups in total. The first kappa shape index (κ1) is 28.6. The maximum atomic E-state index is 13.3. The molecule has 0 saturated heterocycles. The summed E-state index contributed by atoms with van der Waals surface area (Å²) in [7, 11) is 0. The fourth-order valence-electron chi connectivity index (χ4n) is 4.55. The van der Waals surface area contributed by atoms with Gasteiger partial charge in [-0.15, -0.1) is 0 Å². The second-order valence-corrected chi connectivity index (χ2v) is 9.95. The van der Waals surface area contributed by atoms with Crippen molar-refractivity contribution >= 4 is 34.4 Å². The van der Waals surface area contributed by atoms with Gasteiger partial charge in [-0.1, -0.05) is 78.9 Å². The van der Waals surface area contributed by atoms with Crippen molar-refractivity contribution in [3.05, 3.63) is 107 Å². The largest absolute Gasteiger partial charge is 1.00 e. The zero-order chi connectivity index (χ0) is 25.5. The number of carbonyl (C=O) groups is 2. The van der Waals surface area contributed by atoms with Gasteiger partial charge in [-0.3, -0.25) is 4.79 Å². The van der Waals surface area contributed by atoms with Crippen molar-refractivity contribution in [2.75, 3.05) is 12.0 Å². The van der Waals surface area contributed by atoms with Gasteiger partial charge in [0.2, 0.25) is 0 Å². The number of hydrogen-bond donors (Lipinski definition) is 1. The van der Waals surface area contributed by atoms with Gasteiger partial charge < -0.3 is 15.2 Å². The van der Waals surface area contributed by atoms with Crippen LogP contribution in [0, 0.1) is 6.92 Å². The van der Waals surface area contributed by atoms with Gasteiger partial charge >= 0.3 is 18.9 Å². The molecule has 4 rings (SSSR count). The average molecular weight is 504 g/mol. The minimum Gasteiger partial charge on any atom is -0.548 e. The molecule has 0 fully saturated rings. The summed E-state index contributed by atoms with van der Waals surface area (Å²) in [5, 5.41) is 16.8. The molecule has 0 heterocycles. The first-order valence-electron chi connectivity index (χ1n) is 12.1. The number of benzene rings is 4. The maximum absolute atomic E-state index is 13.3. The number of hydrogen-bond acceptors (Lipinski definition) is 4. The van der Waals surface area contributed by atoms with Gasteiger partial charge in [0.1, 0.15) is 0 Å². The van der Waals surface area contributed by atoms with Crippen molar-refractivity contribution in [2.24, 2.45) is 0 Å². The van der Waals surface area contributed by atoms with Crippen LogP contribution in [-0.4, -0.2) is 29.9 Å². The quantitative estimate of drug-likeness (QED) is 0.337. The van der Waals surface area contributed by atoms with Crippen LogP contribution in [0.15, 0.2) is 84.9 Å². The van der Waals surface area contributed by atoms with Crippen LogP contribution in [0.5, 0.6) is 0 Å². The molecule has 0 bridgehead atoms. The number of amides is 1. The number of carbonyl (C=O) groups excluding carboxylic acids is 2. The average Bonchev–Trinajstić information content (AvgIpc) is 2.89. The van der Waals surface area contributed by atoms with Gasteiger partial charge in [-0.05, 0) is 82.9 Å². The Bertz CT molecular complexity index is 1380. The number of thioether (sulfide) groups is 1. The third kappa shape index (κ3) is 7.08. The van der Waals surface area contributed by atoms with Gasteiger partial charge in [-0.25, -0.2) is 0 Å². The fourth-order valence-corrected chi connectivity index (χ4v) is 5.02. The Morgan fingerprint density at radius 1 is 0.892 bits per heavy atom. The molecule has 0 unspecified atom stereocenters. The van der Waals surface area contributed by atoms with Gasteiger partial charge in [-0.2, -0.15) is 11.8 Å². The Labute approximate surface area is 235 Å². The van der Waals surface area contributed by atoms with Crippen LogP contribution in [-0.2, 0) is 17.6 Å². The van der Waals surface area contributed by atoms with E-state index in [4.69, 9.17) is 0 Å². The van der Waals surface area contributed by atoms with E-state index in [1.54, 1.807) is 0 Å². The SMILES string of the molecule is CSCC[C@H](NC(=O)c1ccc(CCc2cccc3ccccc23)cc1-c1ccccc1C)C(=O)[O-].[Li+]. The van der Waals surface area contributed by atoms with Crippen molar-refractivity contribution in [3.63, 3.8) is 0 Å². The molecule has 0 spiro atoms. The molecule has 4 aromatic carbocycles. The number of carboxylic acids is 1. The maximum Gasteiger partial charge on any atom is 1.00 e. The van der Waals surface area contributed by atoms with Crippen molar-refractivity contribution < 1.29 is 33.6 Å². The van der Waals surface area contributed by atoms with E-state index in [1.807, 2.05) is 49.6 Å². The first-order valence-corrected chi connectivity index (χ1v) is 13.5. The molecule has 0 radical (unpaired) electrons. The van der Waals surface area contributed by atoms with Gasteiger partial charge in [0, 0.05) is 5.56 Å². The van der Waals surface area contributed by atoms with Crippen molar-refractivity contribution in [1.82, 2.24) is 5.32 Å². The number of rotatable bonds is 10. The summed E-state index contributed by atoms with van der Waals surface area (Å²) in [5.74, 6) is -1.04. The van der Waals surface area contributed by atoms with Crippen LogP contribution in [0.1, 0.15) is 33.5 Å². The van der Waals surface area contributed by atoms with Crippen LogP contribution in [0.3, 0.4) is 0 Å². The fraction of sp³-hybridized carbons (Fsp3) is 0.226. The minimum absolute atomic E-state index is 0. The zero-order valence-corrected chi connectivity index (χ0v) is 22.4. The monoisotopic (exact) mass is 503 g/mol. The predicted molar refractivity (Wildman–Crippen MR) is 147 cm³/mol. The van der Waals surface area contributed by atoms with Crippen LogP contribution in [0.2, 0.25) is 0 Å². The van der Waals surface area contributed by atoms with Gasteiger partial charge in [0.05, 0.1) is 12.0 Å². The van der Waals surface area contributed by atoms with E-state index in [0.29, 0.717) is 17.7 Å². The Morgan fingerprint density at radius 2 is 1.62 bits per heavy atom. The van der Waals surface area contributed by atoms with E-state index in [-0.39, 0.29) is 18.9 Å². The molecule has 1 atom stereocenters. The van der Waals surface area contributed by atoms with E-state index in [1.165, 1.54) is 28.1 Å². The Kier molecular flexibility index (Phi) is 10.5. The molecule has 0 aliphatic carbocycles. The van der Waals surface area contributed by atoms with Gasteiger partial charge in [0.25, 0.3) is 5.91 Å². The van der Waals surface area contributed by atoms with Crippen LogP contribution < -0.4 is 29.3 Å². The molecule has 6 heteroatoms. The summed E-state index contributed by atoms with van der Waals surface area (Å²) >= 11 is 1.54. The molecule has 4 nitrogen and oxygen atoms in total. The van der Waals surface area contributed by atoms with Crippen LogP contribution in [0.25, 0.3) is 21.9 Å². The molecule has 4 aromatic rings. The zero-order valence-electron chi connectivity index (χ0n) is 21.6. The number of nitrogens with one attached hydrogen (secondary N) is 1. The summed E-state index contributed by atoms with van der Waals surface area (Å²) in [6.07, 6.45) is 3.92.